The molecule has 1 fully saturated rings. The molecule has 2 aromatic rings. The molecule has 9 heteroatoms. The van der Waals surface area contributed by atoms with Gasteiger partial charge in [-0.1, -0.05) is 12.1 Å². The van der Waals surface area contributed by atoms with Crippen molar-refractivity contribution in [1.82, 2.24) is 19.7 Å². The van der Waals surface area contributed by atoms with E-state index in [1.165, 1.54) is 0 Å². The van der Waals surface area contributed by atoms with Gasteiger partial charge in [-0.3, -0.25) is 0 Å². The number of benzene rings is 1. The Morgan fingerprint density at radius 2 is 1.81 bits per heavy atom. The maximum absolute atomic E-state index is 12.7. The first-order chi connectivity index (χ1) is 12.8. The summed E-state index contributed by atoms with van der Waals surface area (Å²) >= 11 is 0. The van der Waals surface area contributed by atoms with Crippen molar-refractivity contribution in [1.29, 1.82) is 0 Å². The van der Waals surface area contributed by atoms with Gasteiger partial charge in [-0.15, -0.1) is 0 Å². The molecule has 1 aliphatic rings. The summed E-state index contributed by atoms with van der Waals surface area (Å²) < 4.78 is 28.1. The molecule has 146 valence electrons. The maximum Gasteiger partial charge on any atom is 0.241 e. The van der Waals surface area contributed by atoms with E-state index in [2.05, 4.69) is 24.6 Å². The first-order valence-corrected chi connectivity index (χ1v) is 10.5. The van der Waals surface area contributed by atoms with Crippen LogP contribution in [0, 0.1) is 13.8 Å². The summed E-state index contributed by atoms with van der Waals surface area (Å²) in [6.45, 7) is 5.48. The van der Waals surface area contributed by atoms with Crippen LogP contribution in [0.4, 0.5) is 11.9 Å². The highest BCUT2D eigenvalue weighted by atomic mass is 32.2. The topological polar surface area (TPSA) is 91.3 Å². The Hall–Kier alpha value is -2.26. The van der Waals surface area contributed by atoms with E-state index in [0.717, 1.165) is 31.5 Å². The van der Waals surface area contributed by atoms with E-state index in [1.807, 2.05) is 33.2 Å². The number of nitrogens with zero attached hydrogens (tertiary/aromatic N) is 5. The predicted molar refractivity (Wildman–Crippen MR) is 106 cm³/mol. The van der Waals surface area contributed by atoms with E-state index in [-0.39, 0.29) is 11.4 Å². The number of hydrogen-bond acceptors (Lipinski definition) is 7. The van der Waals surface area contributed by atoms with Gasteiger partial charge in [0.2, 0.25) is 21.9 Å². The van der Waals surface area contributed by atoms with Gasteiger partial charge in [0.05, 0.1) is 11.4 Å². The normalized spacial score (nSPS) is 14.6. The molecule has 1 aromatic carbocycles. The molecule has 0 bridgehead atoms. The lowest BCUT2D eigenvalue weighted by Gasteiger charge is -2.19. The minimum atomic E-state index is -3.65. The molecule has 1 aliphatic heterocycles. The summed E-state index contributed by atoms with van der Waals surface area (Å²) in [7, 11) is 0.0544. The van der Waals surface area contributed by atoms with Crippen LogP contribution < -0.4 is 14.5 Å². The van der Waals surface area contributed by atoms with E-state index in [1.54, 1.807) is 17.9 Å². The fourth-order valence-corrected chi connectivity index (χ4v) is 4.27. The third-order valence-electron chi connectivity index (χ3n) is 4.50. The number of anilines is 2. The fraction of sp³-hybridized carbons (Fsp3) is 0.500. The molecule has 3 rings (SSSR count). The predicted octanol–water partition coefficient (Wildman–Crippen LogP) is 1.63. The number of rotatable bonds is 6. The zero-order valence-corrected chi connectivity index (χ0v) is 17.0. The highest BCUT2D eigenvalue weighted by Crippen LogP contribution is 2.19. The molecule has 2 heterocycles. The summed E-state index contributed by atoms with van der Waals surface area (Å²) in [4.78, 5) is 17.6. The van der Waals surface area contributed by atoms with Gasteiger partial charge in [-0.05, 0) is 43.9 Å². The second-order valence-corrected chi connectivity index (χ2v) is 8.77. The summed E-state index contributed by atoms with van der Waals surface area (Å²) in [6.07, 6.45) is 2.22. The van der Waals surface area contributed by atoms with Crippen LogP contribution in [0.2, 0.25) is 0 Å². The number of aromatic nitrogens is 3. The third kappa shape index (κ3) is 4.54. The number of sulfonamides is 1. The first-order valence-electron chi connectivity index (χ1n) is 9.00. The molecule has 0 radical (unpaired) electrons. The van der Waals surface area contributed by atoms with Crippen molar-refractivity contribution in [2.24, 2.45) is 0 Å². The molecule has 0 unspecified atom stereocenters. The third-order valence-corrected chi connectivity index (χ3v) is 6.04. The minimum Gasteiger partial charge on any atom is -0.347 e. The Balaban J connectivity index is 1.85. The zero-order chi connectivity index (χ0) is 19.6. The molecular weight excluding hydrogens is 364 g/mol. The lowest BCUT2D eigenvalue weighted by atomic mass is 10.2. The maximum atomic E-state index is 12.7. The quantitative estimate of drug-likeness (QED) is 0.801. The number of hydrogen-bond donors (Lipinski definition) is 1. The Morgan fingerprint density at radius 3 is 2.48 bits per heavy atom. The van der Waals surface area contributed by atoms with E-state index >= 15 is 0 Å². The first kappa shape index (κ1) is 19.5. The second kappa shape index (κ2) is 7.77. The van der Waals surface area contributed by atoms with Crippen LogP contribution in [0.15, 0.2) is 23.1 Å². The van der Waals surface area contributed by atoms with Crippen molar-refractivity contribution in [3.05, 3.63) is 35.2 Å². The second-order valence-electron chi connectivity index (χ2n) is 7.03. The van der Waals surface area contributed by atoms with Gasteiger partial charge in [0.25, 0.3) is 0 Å². The van der Waals surface area contributed by atoms with Gasteiger partial charge in [-0.25, -0.2) is 13.1 Å². The smallest absolute Gasteiger partial charge is 0.241 e. The lowest BCUT2D eigenvalue weighted by molar-refractivity contribution is 0.578. The van der Waals surface area contributed by atoms with Gasteiger partial charge in [0.15, 0.2) is 5.82 Å². The molecule has 0 atom stereocenters. The Bertz CT molecular complexity index is 923. The van der Waals surface area contributed by atoms with Crippen LogP contribution in [0.5, 0.6) is 0 Å². The van der Waals surface area contributed by atoms with Crippen LogP contribution in [0.1, 0.15) is 29.8 Å². The summed E-state index contributed by atoms with van der Waals surface area (Å²) in [6, 6.07) is 5.38. The Kier molecular flexibility index (Phi) is 5.61. The van der Waals surface area contributed by atoms with E-state index in [9.17, 15) is 8.42 Å². The van der Waals surface area contributed by atoms with E-state index < -0.39 is 10.0 Å². The summed E-state index contributed by atoms with van der Waals surface area (Å²) in [5.74, 6) is 1.53. The van der Waals surface area contributed by atoms with Crippen molar-refractivity contribution in [2.75, 3.05) is 37.0 Å². The standard InChI is InChI=1S/C18H26N6O2S/c1-13-7-8-14(2)15(11-13)27(25,26)19-12-16-20-17(23(3)4)22-18(21-16)24-9-5-6-10-24/h7-8,11,19H,5-6,9-10,12H2,1-4H3. The molecule has 1 aromatic heterocycles. The van der Waals surface area contributed by atoms with Crippen molar-refractivity contribution >= 4 is 21.9 Å². The highest BCUT2D eigenvalue weighted by molar-refractivity contribution is 7.89. The largest absolute Gasteiger partial charge is 0.347 e. The number of aryl methyl sites for hydroxylation is 2. The molecule has 1 saturated heterocycles. The summed E-state index contributed by atoms with van der Waals surface area (Å²) in [5, 5.41) is 0. The monoisotopic (exact) mass is 390 g/mol. The molecule has 0 spiro atoms. The molecule has 1 N–H and O–H groups in total. The minimum absolute atomic E-state index is 0.0138. The molecule has 0 saturated carbocycles. The lowest BCUT2D eigenvalue weighted by Crippen LogP contribution is -2.28. The van der Waals surface area contributed by atoms with Crippen molar-refractivity contribution in [3.8, 4) is 0 Å². The highest BCUT2D eigenvalue weighted by Gasteiger charge is 2.20. The number of nitrogens with one attached hydrogen (secondary N) is 1. The van der Waals surface area contributed by atoms with Crippen LogP contribution in [0.25, 0.3) is 0 Å². The molecule has 0 aliphatic carbocycles. The van der Waals surface area contributed by atoms with Gasteiger partial charge < -0.3 is 9.80 Å². The zero-order valence-electron chi connectivity index (χ0n) is 16.2. The van der Waals surface area contributed by atoms with Crippen molar-refractivity contribution in [3.63, 3.8) is 0 Å². The van der Waals surface area contributed by atoms with Gasteiger partial charge >= 0.3 is 0 Å². The van der Waals surface area contributed by atoms with Gasteiger partial charge in [0, 0.05) is 27.2 Å². The average Bonchev–Trinajstić information content (AvgIpc) is 3.16. The SMILES string of the molecule is Cc1ccc(C)c(S(=O)(=O)NCc2nc(N(C)C)nc(N3CCCC3)n2)c1. The molecule has 27 heavy (non-hydrogen) atoms. The van der Waals surface area contributed by atoms with Crippen LogP contribution in [-0.2, 0) is 16.6 Å². The Labute approximate surface area is 160 Å². The van der Waals surface area contributed by atoms with E-state index in [0.29, 0.717) is 23.3 Å². The van der Waals surface area contributed by atoms with Gasteiger partial charge in [0.1, 0.15) is 0 Å². The van der Waals surface area contributed by atoms with Crippen molar-refractivity contribution < 1.29 is 8.42 Å². The van der Waals surface area contributed by atoms with Crippen LogP contribution in [0.3, 0.4) is 0 Å². The van der Waals surface area contributed by atoms with Gasteiger partial charge in [-0.2, -0.15) is 15.0 Å². The molecule has 8 nitrogen and oxygen atoms in total. The Morgan fingerprint density at radius 1 is 1.11 bits per heavy atom. The molecule has 0 amide bonds. The van der Waals surface area contributed by atoms with Crippen molar-refractivity contribution in [2.45, 2.75) is 38.1 Å². The van der Waals surface area contributed by atoms with E-state index in [4.69, 9.17) is 0 Å². The average molecular weight is 391 g/mol. The fourth-order valence-electron chi connectivity index (χ4n) is 2.97. The molecular formula is C18H26N6O2S. The summed E-state index contributed by atoms with van der Waals surface area (Å²) in [5.41, 5.74) is 1.60. The van der Waals surface area contributed by atoms with Crippen LogP contribution >= 0.6 is 0 Å². The van der Waals surface area contributed by atoms with Crippen LogP contribution in [-0.4, -0.2) is 50.6 Å².